The molecule has 0 aliphatic carbocycles. The molecule has 14 heteroatoms. The number of hydrogen-bond donors (Lipinski definition) is 4. The van der Waals surface area contributed by atoms with E-state index in [9.17, 15) is 21.9 Å². The molecule has 0 amide bonds. The fraction of sp³-hybridized carbons (Fsp3) is 0.500. The Morgan fingerprint density at radius 1 is 1.20 bits per heavy atom. The minimum Gasteiger partial charge on any atom is -0.491 e. The van der Waals surface area contributed by atoms with Gasteiger partial charge in [-0.25, -0.2) is 21.6 Å². The molecule has 1 spiro atoms. The molecule has 2 atom stereocenters. The molecule has 2 fully saturated rings. The summed E-state index contributed by atoms with van der Waals surface area (Å²) in [7, 11) is -7.26. The Kier molecular flexibility index (Phi) is 8.47. The molecule has 2 saturated heterocycles. The molecule has 40 heavy (non-hydrogen) atoms. The summed E-state index contributed by atoms with van der Waals surface area (Å²) in [5.74, 6) is 0.353. The number of aromatic amines is 1. The van der Waals surface area contributed by atoms with Crippen molar-refractivity contribution in [3.8, 4) is 5.75 Å². The number of piperidine rings is 1. The van der Waals surface area contributed by atoms with Crippen LogP contribution in [0.4, 0.5) is 0 Å². The van der Waals surface area contributed by atoms with Crippen molar-refractivity contribution in [2.75, 3.05) is 39.4 Å². The highest BCUT2D eigenvalue weighted by atomic mass is 32.2. The zero-order valence-electron chi connectivity index (χ0n) is 22.2. The molecule has 0 radical (unpaired) electrons. The van der Waals surface area contributed by atoms with Gasteiger partial charge in [0.1, 0.15) is 23.4 Å². The van der Waals surface area contributed by atoms with E-state index >= 15 is 0 Å². The van der Waals surface area contributed by atoms with Gasteiger partial charge in [0.05, 0.1) is 28.1 Å². The quantitative estimate of drug-likeness (QED) is 0.256. The lowest BCUT2D eigenvalue weighted by Crippen LogP contribution is -2.47. The summed E-state index contributed by atoms with van der Waals surface area (Å²) in [6.07, 6.45) is 4.20. The Morgan fingerprint density at radius 2 is 2.00 bits per heavy atom. The van der Waals surface area contributed by atoms with E-state index in [4.69, 9.17) is 9.47 Å². The molecule has 2 aliphatic heterocycles. The minimum absolute atomic E-state index is 0.00756. The number of sulfonamides is 2. The number of H-pyrrole nitrogens is 1. The van der Waals surface area contributed by atoms with Crippen molar-refractivity contribution in [2.45, 2.75) is 53.7 Å². The van der Waals surface area contributed by atoms with Gasteiger partial charge in [-0.1, -0.05) is 13.0 Å². The predicted molar refractivity (Wildman–Crippen MR) is 148 cm³/mol. The summed E-state index contributed by atoms with van der Waals surface area (Å²) in [6.45, 7) is 3.44. The van der Waals surface area contributed by atoms with Gasteiger partial charge < -0.3 is 24.9 Å². The monoisotopic (exact) mass is 593 g/mol. The largest absolute Gasteiger partial charge is 0.491 e. The summed E-state index contributed by atoms with van der Waals surface area (Å²) >= 11 is 0. The van der Waals surface area contributed by atoms with E-state index in [0.29, 0.717) is 43.8 Å². The van der Waals surface area contributed by atoms with E-state index in [0.717, 1.165) is 11.9 Å². The average Bonchev–Trinajstić information content (AvgIpc) is 3.58. The van der Waals surface area contributed by atoms with Gasteiger partial charge in [-0.3, -0.25) is 4.98 Å². The van der Waals surface area contributed by atoms with Gasteiger partial charge in [-0.15, -0.1) is 0 Å². The third-order valence-corrected chi connectivity index (χ3v) is 10.8. The van der Waals surface area contributed by atoms with E-state index in [1.165, 1.54) is 22.6 Å². The van der Waals surface area contributed by atoms with Crippen LogP contribution in [0.25, 0.3) is 11.0 Å². The van der Waals surface area contributed by atoms with Crippen LogP contribution in [-0.2, 0) is 24.8 Å². The number of aromatic nitrogens is 2. The lowest BCUT2D eigenvalue weighted by Gasteiger charge is -2.38. The van der Waals surface area contributed by atoms with Gasteiger partial charge in [0.25, 0.3) is 0 Å². The maximum Gasteiger partial charge on any atom is 0.244 e. The van der Waals surface area contributed by atoms with Crippen molar-refractivity contribution in [2.24, 2.45) is 0 Å². The van der Waals surface area contributed by atoms with Gasteiger partial charge in [0.15, 0.2) is 0 Å². The van der Waals surface area contributed by atoms with E-state index < -0.39 is 31.8 Å². The van der Waals surface area contributed by atoms with Crippen molar-refractivity contribution >= 4 is 31.1 Å². The van der Waals surface area contributed by atoms with Crippen molar-refractivity contribution in [3.63, 3.8) is 0 Å². The molecule has 218 valence electrons. The van der Waals surface area contributed by atoms with Gasteiger partial charge >= 0.3 is 0 Å². The molecule has 12 nitrogen and oxygen atoms in total. The van der Waals surface area contributed by atoms with Gasteiger partial charge in [-0.05, 0) is 43.5 Å². The highest BCUT2D eigenvalue weighted by molar-refractivity contribution is 7.89. The number of ether oxygens (including phenoxy) is 2. The number of nitrogens with zero attached hydrogens (tertiary/aromatic N) is 2. The maximum absolute atomic E-state index is 13.2. The van der Waals surface area contributed by atoms with Crippen molar-refractivity contribution < 1.29 is 31.4 Å². The van der Waals surface area contributed by atoms with Crippen LogP contribution in [0.15, 0.2) is 58.6 Å². The Labute approximate surface area is 234 Å². The Bertz CT molecular complexity index is 1540. The smallest absolute Gasteiger partial charge is 0.244 e. The number of pyridine rings is 1. The first-order valence-electron chi connectivity index (χ1n) is 13.3. The number of benzene rings is 1. The van der Waals surface area contributed by atoms with E-state index in [2.05, 4.69) is 20.0 Å². The molecular formula is C26H35N5O7S2. The summed E-state index contributed by atoms with van der Waals surface area (Å²) in [5.41, 5.74) is 1.00. The molecule has 1 aromatic carbocycles. The topological polar surface area (TPSA) is 163 Å². The van der Waals surface area contributed by atoms with Crippen LogP contribution >= 0.6 is 0 Å². The second-order valence-electron chi connectivity index (χ2n) is 10.2. The fourth-order valence-corrected chi connectivity index (χ4v) is 7.71. The van der Waals surface area contributed by atoms with Crippen molar-refractivity contribution in [3.05, 3.63) is 48.8 Å². The number of hydrogen-bond acceptors (Lipinski definition) is 9. The molecular weight excluding hydrogens is 558 g/mol. The van der Waals surface area contributed by atoms with Crippen LogP contribution in [0, 0.1) is 0 Å². The molecule has 0 saturated carbocycles. The molecule has 2 aliphatic rings. The number of fused-ring (bicyclic) bond motifs is 1. The van der Waals surface area contributed by atoms with Gasteiger partial charge in [0.2, 0.25) is 20.0 Å². The Balaban J connectivity index is 1.08. The summed E-state index contributed by atoms with van der Waals surface area (Å²) in [4.78, 5) is 7.52. The first-order chi connectivity index (χ1) is 19.1. The number of nitrogens with one attached hydrogen (secondary N) is 3. The van der Waals surface area contributed by atoms with Crippen LogP contribution in [0.5, 0.6) is 5.75 Å². The van der Waals surface area contributed by atoms with Crippen molar-refractivity contribution in [1.82, 2.24) is 24.3 Å². The third-order valence-electron chi connectivity index (χ3n) is 7.39. The maximum atomic E-state index is 13.2. The SMILES string of the molecule is CCNS(=O)(=O)c1cccc(OC[C@@H](O)CN[C@H]2COC3(CCN(S(=O)(=O)c4cnc5cc[nH]c5c4)CC3)C2)c1. The summed E-state index contributed by atoms with van der Waals surface area (Å²) in [6, 6.07) is 9.57. The molecule has 0 bridgehead atoms. The average molecular weight is 594 g/mol. The highest BCUT2D eigenvalue weighted by Crippen LogP contribution is 2.37. The van der Waals surface area contributed by atoms with E-state index in [1.54, 1.807) is 37.4 Å². The fourth-order valence-electron chi connectivity index (χ4n) is 5.22. The zero-order chi connectivity index (χ0) is 28.4. The lowest BCUT2D eigenvalue weighted by molar-refractivity contribution is -0.0312. The first kappa shape index (κ1) is 28.9. The Hall–Kier alpha value is -2.59. The van der Waals surface area contributed by atoms with Crippen molar-refractivity contribution in [1.29, 1.82) is 0 Å². The number of aliphatic hydroxyl groups is 1. The molecule has 0 unspecified atom stereocenters. The molecule has 4 N–H and O–H groups in total. The van der Waals surface area contributed by atoms with Crippen LogP contribution in [0.3, 0.4) is 0 Å². The highest BCUT2D eigenvalue weighted by Gasteiger charge is 2.44. The zero-order valence-corrected chi connectivity index (χ0v) is 23.9. The van der Waals surface area contributed by atoms with Crippen LogP contribution in [-0.4, -0.2) is 93.4 Å². The van der Waals surface area contributed by atoms with Gasteiger partial charge in [-0.2, -0.15) is 4.31 Å². The number of aliphatic hydroxyl groups excluding tert-OH is 1. The predicted octanol–water partition coefficient (Wildman–Crippen LogP) is 1.20. The molecule has 4 heterocycles. The minimum atomic E-state index is -3.66. The summed E-state index contributed by atoms with van der Waals surface area (Å²) in [5, 5.41) is 13.8. The molecule has 5 rings (SSSR count). The van der Waals surface area contributed by atoms with Crippen LogP contribution in [0.2, 0.25) is 0 Å². The normalized spacial score (nSPS) is 20.7. The van der Waals surface area contributed by atoms with Crippen LogP contribution < -0.4 is 14.8 Å². The Morgan fingerprint density at radius 3 is 2.77 bits per heavy atom. The lowest BCUT2D eigenvalue weighted by atomic mass is 9.88. The standard InChI is InChI=1S/C26H35N5O7S2/c1-2-30-39(33,34)22-5-3-4-21(12-22)37-18-20(32)15-28-19-14-26(38-17-19)7-10-31(11-8-26)40(35,36)23-13-25-24(29-16-23)6-9-27-25/h3-6,9,12-13,16,19-20,27-28,30,32H,2,7-8,10-11,14-15,17-18H2,1H3/t19-,20+/m1/s1. The van der Waals surface area contributed by atoms with Crippen LogP contribution in [0.1, 0.15) is 26.2 Å². The first-order valence-corrected chi connectivity index (χ1v) is 16.2. The molecule has 2 aromatic heterocycles. The van der Waals surface area contributed by atoms with Gasteiger partial charge in [0, 0.05) is 50.7 Å². The summed E-state index contributed by atoms with van der Waals surface area (Å²) < 4.78 is 66.5. The van der Waals surface area contributed by atoms with E-state index in [-0.39, 0.29) is 35.5 Å². The van der Waals surface area contributed by atoms with E-state index in [1.807, 2.05) is 0 Å². The number of rotatable bonds is 11. The second kappa shape index (κ2) is 11.7. The second-order valence-corrected chi connectivity index (χ2v) is 13.9. The third kappa shape index (κ3) is 6.33. The molecule has 3 aromatic rings.